The Bertz CT molecular complexity index is 891. The lowest BCUT2D eigenvalue weighted by Crippen LogP contribution is -2.39. The van der Waals surface area contributed by atoms with Gasteiger partial charge in [-0.1, -0.05) is 11.6 Å². The molecule has 1 saturated heterocycles. The number of carbonyl (C=O) groups is 1. The predicted molar refractivity (Wildman–Crippen MR) is 93.9 cm³/mol. The summed E-state index contributed by atoms with van der Waals surface area (Å²) in [4.78, 5) is 22.8. The van der Waals surface area contributed by atoms with Gasteiger partial charge in [0.25, 0.3) is 5.69 Å². The summed E-state index contributed by atoms with van der Waals surface area (Å²) in [5.41, 5.74) is 0.925. The van der Waals surface area contributed by atoms with E-state index >= 15 is 0 Å². The van der Waals surface area contributed by atoms with Gasteiger partial charge in [0, 0.05) is 43.0 Å². The van der Waals surface area contributed by atoms with E-state index in [1.54, 1.807) is 0 Å². The summed E-state index contributed by atoms with van der Waals surface area (Å²) in [7, 11) is -3.77. The zero-order valence-corrected chi connectivity index (χ0v) is 15.0. The van der Waals surface area contributed by atoms with Crippen LogP contribution in [0.3, 0.4) is 0 Å². The molecule has 4 rings (SSSR count). The Hall–Kier alpha value is -2.06. The highest BCUT2D eigenvalue weighted by atomic mass is 32.2. The smallest absolute Gasteiger partial charge is 0.269 e. The Kier molecular flexibility index (Phi) is 4.19. The molecule has 0 bridgehead atoms. The third kappa shape index (κ3) is 2.68. The highest BCUT2D eigenvalue weighted by Crippen LogP contribution is 2.46. The van der Waals surface area contributed by atoms with Crippen LogP contribution in [0.2, 0.25) is 0 Å². The largest absolute Gasteiger partial charge is 0.299 e. The fourth-order valence-electron chi connectivity index (χ4n) is 4.68. The molecule has 1 saturated carbocycles. The minimum Gasteiger partial charge on any atom is -0.299 e. The molecule has 1 heterocycles. The average molecular weight is 376 g/mol. The molecule has 3 atom stereocenters. The number of sulfonamides is 1. The molecular weight excluding hydrogens is 356 g/mol. The van der Waals surface area contributed by atoms with Crippen molar-refractivity contribution < 1.29 is 18.1 Å². The maximum absolute atomic E-state index is 13.2. The van der Waals surface area contributed by atoms with Crippen LogP contribution in [0, 0.1) is 22.0 Å². The number of carbonyl (C=O) groups excluding carboxylic acids is 1. The number of hydrogen-bond acceptors (Lipinski definition) is 5. The van der Waals surface area contributed by atoms with Crippen LogP contribution in [-0.4, -0.2) is 36.0 Å². The van der Waals surface area contributed by atoms with Crippen LogP contribution < -0.4 is 0 Å². The maximum Gasteiger partial charge on any atom is 0.269 e. The highest BCUT2D eigenvalue weighted by Gasteiger charge is 2.50. The molecule has 0 aromatic heterocycles. The Morgan fingerprint density at radius 1 is 1.15 bits per heavy atom. The number of nitro groups is 1. The maximum atomic E-state index is 13.2. The van der Waals surface area contributed by atoms with E-state index in [0.717, 1.165) is 18.4 Å². The molecule has 1 aromatic rings. The number of Topliss-reactive ketones (excluding diaryl/α,β-unsaturated/α-hetero) is 1. The molecule has 0 spiro atoms. The second kappa shape index (κ2) is 6.28. The minimum atomic E-state index is -3.77. The molecule has 1 aliphatic heterocycles. The average Bonchev–Trinajstić information content (AvgIpc) is 2.92. The van der Waals surface area contributed by atoms with Gasteiger partial charge in [-0.05, 0) is 37.8 Å². The third-order valence-corrected chi connectivity index (χ3v) is 7.74. The van der Waals surface area contributed by atoms with Gasteiger partial charge in [0.05, 0.1) is 9.82 Å². The van der Waals surface area contributed by atoms with Crippen molar-refractivity contribution in [3.05, 3.63) is 46.0 Å². The monoisotopic (exact) mass is 376 g/mol. The fourth-order valence-corrected chi connectivity index (χ4v) is 6.34. The summed E-state index contributed by atoms with van der Waals surface area (Å²) < 4.78 is 27.9. The molecule has 0 N–H and O–H groups in total. The van der Waals surface area contributed by atoms with Gasteiger partial charge in [-0.3, -0.25) is 14.9 Å². The third-order valence-electron chi connectivity index (χ3n) is 5.86. The number of hydrogen-bond donors (Lipinski definition) is 0. The second-order valence-corrected chi connectivity index (χ2v) is 9.11. The number of rotatable bonds is 3. The van der Waals surface area contributed by atoms with Crippen LogP contribution in [0.1, 0.15) is 32.1 Å². The van der Waals surface area contributed by atoms with Crippen molar-refractivity contribution in [1.29, 1.82) is 0 Å². The van der Waals surface area contributed by atoms with Crippen molar-refractivity contribution in [2.24, 2.45) is 11.8 Å². The normalized spacial score (nSPS) is 29.0. The Balaban J connectivity index is 1.71. The summed E-state index contributed by atoms with van der Waals surface area (Å²) in [5.74, 6) is 0.184. The van der Waals surface area contributed by atoms with Crippen LogP contribution in [0.15, 0.2) is 40.8 Å². The van der Waals surface area contributed by atoms with Gasteiger partial charge in [0.1, 0.15) is 5.78 Å². The van der Waals surface area contributed by atoms with E-state index in [9.17, 15) is 23.3 Å². The van der Waals surface area contributed by atoms with E-state index in [1.165, 1.54) is 28.6 Å². The molecule has 1 aromatic carbocycles. The Labute approximate surface area is 151 Å². The lowest BCUT2D eigenvalue weighted by Gasteiger charge is -2.30. The molecule has 2 aliphatic carbocycles. The van der Waals surface area contributed by atoms with Crippen molar-refractivity contribution >= 4 is 21.5 Å². The standard InChI is InChI=1S/C18H20N2O5S/c21-17-6-2-5-16-18-12(3-1-4-15(17)18)11-19(16)26(24,25)14-9-7-13(8-10-14)20(22)23/h3,7-10,15-16,18H,1-2,4-6,11H2/t15-,16+,18-/m1/s1. The van der Waals surface area contributed by atoms with Gasteiger partial charge in [0.2, 0.25) is 10.0 Å². The van der Waals surface area contributed by atoms with Gasteiger partial charge in [0.15, 0.2) is 0 Å². The molecule has 2 fully saturated rings. The lowest BCUT2D eigenvalue weighted by atomic mass is 9.75. The molecule has 7 nitrogen and oxygen atoms in total. The van der Waals surface area contributed by atoms with Crippen molar-refractivity contribution in [3.8, 4) is 0 Å². The molecule has 0 radical (unpaired) electrons. The van der Waals surface area contributed by atoms with Crippen molar-refractivity contribution in [3.63, 3.8) is 0 Å². The van der Waals surface area contributed by atoms with Crippen molar-refractivity contribution in [1.82, 2.24) is 4.31 Å². The zero-order valence-electron chi connectivity index (χ0n) is 14.2. The number of benzene rings is 1. The molecule has 138 valence electrons. The first-order chi connectivity index (χ1) is 12.4. The number of ketones is 1. The minimum absolute atomic E-state index is 0.00780. The highest BCUT2D eigenvalue weighted by molar-refractivity contribution is 7.89. The van der Waals surface area contributed by atoms with E-state index < -0.39 is 14.9 Å². The van der Waals surface area contributed by atoms with E-state index in [1.807, 2.05) is 0 Å². The van der Waals surface area contributed by atoms with Gasteiger partial charge in [-0.25, -0.2) is 8.42 Å². The molecule has 0 amide bonds. The lowest BCUT2D eigenvalue weighted by molar-refractivity contribution is -0.384. The molecule has 0 unspecified atom stereocenters. The summed E-state index contributed by atoms with van der Waals surface area (Å²) >= 11 is 0. The summed E-state index contributed by atoms with van der Waals surface area (Å²) in [6, 6.07) is 4.83. The number of nitro benzene ring substituents is 1. The van der Waals surface area contributed by atoms with Crippen molar-refractivity contribution in [2.75, 3.05) is 6.54 Å². The molecule has 3 aliphatic rings. The van der Waals surface area contributed by atoms with Crippen LogP contribution in [0.4, 0.5) is 5.69 Å². The first kappa shape index (κ1) is 17.4. The van der Waals surface area contributed by atoms with E-state index in [0.29, 0.717) is 25.8 Å². The predicted octanol–water partition coefficient (Wildman–Crippen LogP) is 2.67. The number of non-ortho nitro benzene ring substituents is 1. The number of nitrogens with zero attached hydrogens (tertiary/aromatic N) is 2. The fraction of sp³-hybridized carbons (Fsp3) is 0.500. The van der Waals surface area contributed by atoms with Gasteiger partial charge < -0.3 is 0 Å². The van der Waals surface area contributed by atoms with Crippen LogP contribution in [0.5, 0.6) is 0 Å². The van der Waals surface area contributed by atoms with Gasteiger partial charge in [-0.2, -0.15) is 4.31 Å². The quantitative estimate of drug-likeness (QED) is 0.459. The van der Waals surface area contributed by atoms with Gasteiger partial charge in [-0.15, -0.1) is 0 Å². The van der Waals surface area contributed by atoms with E-state index in [4.69, 9.17) is 0 Å². The second-order valence-electron chi connectivity index (χ2n) is 7.22. The Morgan fingerprint density at radius 2 is 1.88 bits per heavy atom. The summed E-state index contributed by atoms with van der Waals surface area (Å²) in [5, 5.41) is 10.8. The Morgan fingerprint density at radius 3 is 2.58 bits per heavy atom. The van der Waals surface area contributed by atoms with Crippen molar-refractivity contribution in [2.45, 2.75) is 43.0 Å². The van der Waals surface area contributed by atoms with Crippen LogP contribution in [0.25, 0.3) is 0 Å². The topological polar surface area (TPSA) is 97.6 Å². The summed E-state index contributed by atoms with van der Waals surface area (Å²) in [6.45, 7) is 0.318. The molecular formula is C18H20N2O5S. The zero-order chi connectivity index (χ0) is 18.5. The first-order valence-electron chi connectivity index (χ1n) is 8.87. The first-order valence-corrected chi connectivity index (χ1v) is 10.3. The molecule has 26 heavy (non-hydrogen) atoms. The van der Waals surface area contributed by atoms with E-state index in [2.05, 4.69) is 6.08 Å². The van der Waals surface area contributed by atoms with E-state index in [-0.39, 0.29) is 34.2 Å². The molecule has 8 heteroatoms. The summed E-state index contributed by atoms with van der Waals surface area (Å²) in [6.07, 6.45) is 5.62. The van der Waals surface area contributed by atoms with Crippen LogP contribution in [-0.2, 0) is 14.8 Å². The SMILES string of the molecule is O=C1CCC[C@H]2[C@@H]3C(=CCC[C@H]13)CN2S(=O)(=O)c1ccc([N+](=O)[O-])cc1. The van der Waals surface area contributed by atoms with Crippen LogP contribution >= 0.6 is 0 Å². The van der Waals surface area contributed by atoms with Gasteiger partial charge >= 0.3 is 0 Å². The number of allylic oxidation sites excluding steroid dienone is 1.